The number of hydrogen-bond acceptors (Lipinski definition) is 6. The third-order valence-electron chi connectivity index (χ3n) is 5.73. The van der Waals surface area contributed by atoms with E-state index in [2.05, 4.69) is 12.1 Å². The molecule has 0 heterocycles. The highest BCUT2D eigenvalue weighted by atomic mass is 32.2. The zero-order valence-electron chi connectivity index (χ0n) is 21.7. The number of benzene rings is 4. The van der Waals surface area contributed by atoms with Crippen LogP contribution in [0.15, 0.2) is 108 Å². The molecule has 0 aliphatic rings. The molecule has 9 heteroatoms. The van der Waals surface area contributed by atoms with Gasteiger partial charge in [-0.2, -0.15) is 8.42 Å². The van der Waals surface area contributed by atoms with Crippen molar-refractivity contribution in [2.75, 3.05) is 14.2 Å². The third-order valence-corrected chi connectivity index (χ3v) is 8.22. The lowest BCUT2D eigenvalue weighted by atomic mass is 10.0. The molecule has 0 aromatic heterocycles. The lowest BCUT2D eigenvalue weighted by Gasteiger charge is -2.19. The fraction of sp³-hybridized carbons (Fsp3) is 0.133. The quantitative estimate of drug-likeness (QED) is 0.177. The van der Waals surface area contributed by atoms with Crippen LogP contribution in [-0.4, -0.2) is 39.1 Å². The summed E-state index contributed by atoms with van der Waals surface area (Å²) < 4.78 is 39.1. The molecule has 0 amide bonds. The summed E-state index contributed by atoms with van der Waals surface area (Å²) in [5.41, 5.74) is 4.31. The number of rotatable bonds is 7. The van der Waals surface area contributed by atoms with Crippen molar-refractivity contribution in [3.63, 3.8) is 0 Å². The minimum absolute atomic E-state index is 0.0666. The van der Waals surface area contributed by atoms with Crippen molar-refractivity contribution in [2.24, 2.45) is 0 Å². The number of carbonyl (C=O) groups excluding carboxylic acids is 2. The van der Waals surface area contributed by atoms with E-state index in [9.17, 15) is 18.0 Å². The molecule has 0 bridgehead atoms. The van der Waals surface area contributed by atoms with Gasteiger partial charge in [0.1, 0.15) is 0 Å². The number of aryl methyl sites for hydroxylation is 1. The van der Waals surface area contributed by atoms with Crippen LogP contribution in [0.4, 0.5) is 0 Å². The van der Waals surface area contributed by atoms with Gasteiger partial charge in [-0.3, -0.25) is 4.55 Å². The Balaban J connectivity index is 0.000000320. The van der Waals surface area contributed by atoms with E-state index in [-0.39, 0.29) is 22.5 Å². The van der Waals surface area contributed by atoms with E-state index < -0.39 is 10.1 Å². The van der Waals surface area contributed by atoms with Gasteiger partial charge in [-0.1, -0.05) is 80.9 Å². The molecule has 0 aliphatic carbocycles. The molecule has 0 radical (unpaired) electrons. The van der Waals surface area contributed by atoms with Gasteiger partial charge >= 0.3 is 11.9 Å². The van der Waals surface area contributed by atoms with Crippen LogP contribution >= 0.6 is 8.58 Å². The first-order valence-corrected chi connectivity index (χ1v) is 14.4. The number of ether oxygens (including phenoxy) is 2. The first-order chi connectivity index (χ1) is 18.6. The zero-order chi connectivity index (χ0) is 28.4. The number of carbonyl (C=O) groups is 2. The molecule has 1 atom stereocenters. The van der Waals surface area contributed by atoms with Gasteiger partial charge in [-0.05, 0) is 59.8 Å². The van der Waals surface area contributed by atoms with Crippen LogP contribution in [-0.2, 0) is 19.6 Å². The van der Waals surface area contributed by atoms with E-state index in [0.717, 1.165) is 16.7 Å². The number of hydrogen-bond donors (Lipinski definition) is 1. The summed E-state index contributed by atoms with van der Waals surface area (Å²) in [6.45, 7) is 1.84. The van der Waals surface area contributed by atoms with Crippen molar-refractivity contribution in [3.05, 3.63) is 131 Å². The van der Waals surface area contributed by atoms with Crippen LogP contribution in [0.25, 0.3) is 0 Å². The lowest BCUT2D eigenvalue weighted by Crippen LogP contribution is -2.05. The van der Waals surface area contributed by atoms with Crippen molar-refractivity contribution in [2.45, 2.75) is 17.5 Å². The third kappa shape index (κ3) is 8.58. The zero-order valence-corrected chi connectivity index (χ0v) is 23.5. The Kier molecular flexibility index (Phi) is 10.5. The lowest BCUT2D eigenvalue weighted by molar-refractivity contribution is 0.0592. The summed E-state index contributed by atoms with van der Waals surface area (Å²) in [6.07, 6.45) is 0. The molecule has 4 rings (SSSR count). The summed E-state index contributed by atoms with van der Waals surface area (Å²) in [7, 11) is -0.771. The molecule has 0 fully saturated rings. The Morgan fingerprint density at radius 3 is 1.51 bits per heavy atom. The Morgan fingerprint density at radius 2 is 1.13 bits per heavy atom. The highest BCUT2D eigenvalue weighted by Crippen LogP contribution is 2.40. The van der Waals surface area contributed by atoms with Crippen molar-refractivity contribution < 1.29 is 32.0 Å². The predicted octanol–water partition coefficient (Wildman–Crippen LogP) is 5.59. The van der Waals surface area contributed by atoms with E-state index in [0.29, 0.717) is 19.7 Å². The van der Waals surface area contributed by atoms with Crippen LogP contribution < -0.4 is 5.30 Å². The second-order valence-corrected chi connectivity index (χ2v) is 11.3. The molecule has 0 saturated carbocycles. The van der Waals surface area contributed by atoms with Crippen LogP contribution in [0.5, 0.6) is 0 Å². The Morgan fingerprint density at radius 1 is 0.692 bits per heavy atom. The minimum Gasteiger partial charge on any atom is -0.465 e. The monoisotopic (exact) mass is 564 g/mol. The maximum atomic E-state index is 11.7. The maximum Gasteiger partial charge on any atom is 0.337 e. The summed E-state index contributed by atoms with van der Waals surface area (Å²) >= 11 is 0. The minimum atomic E-state index is -4.02. The standard InChI is InChI=1S/C23H21O4P.C7H8O3S/c1-26-22(24)18-12-8-16(9-13-18)21(28-20-6-4-3-5-7-20)17-10-14-19(15-11-17)23(25)27-2;1-6-2-4-7(5-3-6)11(8,9)10/h3-15,21,28H,1-2H3;2-5H,1H3,(H,8,9,10). The summed E-state index contributed by atoms with van der Waals surface area (Å²) in [4.78, 5) is 23.4. The van der Waals surface area contributed by atoms with Crippen molar-refractivity contribution in [1.29, 1.82) is 0 Å². The molecule has 39 heavy (non-hydrogen) atoms. The van der Waals surface area contributed by atoms with E-state index in [1.54, 1.807) is 36.4 Å². The topological polar surface area (TPSA) is 107 Å². The molecular weight excluding hydrogens is 535 g/mol. The average molecular weight is 565 g/mol. The molecule has 7 nitrogen and oxygen atoms in total. The molecule has 4 aromatic carbocycles. The van der Waals surface area contributed by atoms with Crippen molar-refractivity contribution >= 4 is 35.9 Å². The Bertz CT molecular complexity index is 1420. The van der Waals surface area contributed by atoms with Gasteiger partial charge in [0.25, 0.3) is 10.1 Å². The maximum absolute atomic E-state index is 11.7. The van der Waals surface area contributed by atoms with Gasteiger partial charge in [0.2, 0.25) is 0 Å². The smallest absolute Gasteiger partial charge is 0.337 e. The van der Waals surface area contributed by atoms with Gasteiger partial charge in [0.05, 0.1) is 30.2 Å². The second-order valence-electron chi connectivity index (χ2n) is 8.46. The highest BCUT2D eigenvalue weighted by molar-refractivity contribution is 7.85. The van der Waals surface area contributed by atoms with Crippen LogP contribution in [0.2, 0.25) is 0 Å². The molecule has 4 aromatic rings. The van der Waals surface area contributed by atoms with E-state index in [1.165, 1.54) is 31.7 Å². The predicted molar refractivity (Wildman–Crippen MR) is 153 cm³/mol. The molecule has 0 spiro atoms. The van der Waals surface area contributed by atoms with Crippen LogP contribution in [0.3, 0.4) is 0 Å². The second kappa shape index (κ2) is 13.8. The fourth-order valence-corrected chi connectivity index (χ4v) is 5.55. The molecule has 0 saturated heterocycles. The molecular formula is C30H29O7PS. The van der Waals surface area contributed by atoms with Gasteiger partial charge in [0.15, 0.2) is 0 Å². The largest absolute Gasteiger partial charge is 0.465 e. The average Bonchev–Trinajstić information content (AvgIpc) is 2.96. The van der Waals surface area contributed by atoms with Crippen molar-refractivity contribution in [3.8, 4) is 0 Å². The van der Waals surface area contributed by atoms with Gasteiger partial charge in [-0.15, -0.1) is 0 Å². The molecule has 202 valence electrons. The van der Waals surface area contributed by atoms with Gasteiger partial charge < -0.3 is 9.47 Å². The van der Waals surface area contributed by atoms with Gasteiger partial charge in [0, 0.05) is 5.66 Å². The molecule has 1 N–H and O–H groups in total. The first kappa shape index (κ1) is 29.7. The number of methoxy groups -OCH3 is 2. The van der Waals surface area contributed by atoms with Crippen LogP contribution in [0.1, 0.15) is 43.1 Å². The Labute approximate surface area is 230 Å². The first-order valence-electron chi connectivity index (χ1n) is 11.8. The SMILES string of the molecule is COC(=O)c1ccc(C(Pc2ccccc2)c2ccc(C(=O)OC)cc2)cc1.Cc1ccc(S(=O)(=O)O)cc1. The van der Waals surface area contributed by atoms with E-state index >= 15 is 0 Å². The van der Waals surface area contributed by atoms with Crippen LogP contribution in [0, 0.1) is 6.92 Å². The summed E-state index contributed by atoms with van der Waals surface area (Å²) in [5.74, 6) is -0.702. The summed E-state index contributed by atoms with van der Waals surface area (Å²) in [6, 6.07) is 31.2. The van der Waals surface area contributed by atoms with E-state index in [1.807, 2.05) is 49.4 Å². The normalized spacial score (nSPS) is 11.1. The molecule has 0 aliphatic heterocycles. The number of esters is 2. The van der Waals surface area contributed by atoms with Gasteiger partial charge in [-0.25, -0.2) is 9.59 Å². The fourth-order valence-electron chi connectivity index (χ4n) is 3.63. The van der Waals surface area contributed by atoms with Crippen molar-refractivity contribution in [1.82, 2.24) is 0 Å². The highest BCUT2D eigenvalue weighted by Gasteiger charge is 2.17. The molecule has 1 unspecified atom stereocenters. The van der Waals surface area contributed by atoms with E-state index in [4.69, 9.17) is 14.0 Å². The summed E-state index contributed by atoms with van der Waals surface area (Å²) in [5, 5.41) is 1.24. The Hall–Kier alpha value is -3.84.